The van der Waals surface area contributed by atoms with Gasteiger partial charge in [-0.1, -0.05) is 61.4 Å². The van der Waals surface area contributed by atoms with Crippen molar-refractivity contribution >= 4 is 39.1 Å². The molecule has 2 aliphatic rings. The van der Waals surface area contributed by atoms with Gasteiger partial charge in [-0.25, -0.2) is 12.7 Å². The van der Waals surface area contributed by atoms with Crippen molar-refractivity contribution in [2.24, 2.45) is 5.92 Å². The summed E-state index contributed by atoms with van der Waals surface area (Å²) in [5.41, 5.74) is 0.414. The molecule has 0 aromatic heterocycles. The van der Waals surface area contributed by atoms with Crippen molar-refractivity contribution in [2.45, 2.75) is 69.6 Å². The molecule has 1 atom stereocenters. The zero-order valence-corrected chi connectivity index (χ0v) is 19.0. The first-order valence-electron chi connectivity index (χ1n) is 10.6. The molecule has 1 aromatic rings. The summed E-state index contributed by atoms with van der Waals surface area (Å²) < 4.78 is 27.4. The number of carbonyl (C=O) groups excluding carboxylic acids is 1. The lowest BCUT2D eigenvalue weighted by Crippen LogP contribution is -2.47. The third-order valence-corrected chi connectivity index (χ3v) is 8.47. The maximum absolute atomic E-state index is 13.0. The second-order valence-corrected chi connectivity index (χ2v) is 11.0. The molecule has 1 aliphatic carbocycles. The number of sulfonamides is 1. The topological polar surface area (TPSA) is 66.5 Å². The van der Waals surface area contributed by atoms with Crippen molar-refractivity contribution in [3.05, 3.63) is 33.8 Å². The molecule has 1 saturated carbocycles. The monoisotopic (exact) mass is 460 g/mol. The van der Waals surface area contributed by atoms with E-state index in [9.17, 15) is 13.2 Å². The zero-order valence-electron chi connectivity index (χ0n) is 16.7. The maximum atomic E-state index is 13.0. The van der Waals surface area contributed by atoms with Gasteiger partial charge < -0.3 is 5.32 Å². The molecule has 1 heterocycles. The minimum atomic E-state index is -3.61. The summed E-state index contributed by atoms with van der Waals surface area (Å²) >= 11 is 12.3. The number of nitrogens with one attached hydrogen (secondary N) is 1. The first-order valence-corrected chi connectivity index (χ1v) is 12.9. The van der Waals surface area contributed by atoms with Crippen LogP contribution in [0.2, 0.25) is 10.0 Å². The molecule has 5 nitrogen and oxygen atoms in total. The number of halogens is 2. The molecule has 2 fully saturated rings. The molecule has 0 bridgehead atoms. The fourth-order valence-corrected chi connectivity index (χ4v) is 6.63. The molecular formula is C21H30Cl2N2O3S. The van der Waals surface area contributed by atoms with Crippen LogP contribution in [0.3, 0.4) is 0 Å². The van der Waals surface area contributed by atoms with Crippen LogP contribution in [0.25, 0.3) is 0 Å². The Balaban J connectivity index is 1.62. The SMILES string of the molecule is O=C(NC1CCCCCCC1)[C@H]1CCCN(S(=O)(=O)Cc2c(Cl)cccc2Cl)C1. The van der Waals surface area contributed by atoms with Gasteiger partial charge >= 0.3 is 0 Å². The highest BCUT2D eigenvalue weighted by Gasteiger charge is 2.33. The van der Waals surface area contributed by atoms with Crippen LogP contribution in [-0.4, -0.2) is 37.8 Å². The van der Waals surface area contributed by atoms with E-state index in [2.05, 4.69) is 5.32 Å². The summed E-state index contributed by atoms with van der Waals surface area (Å²) in [4.78, 5) is 12.8. The molecule has 1 aromatic carbocycles. The van der Waals surface area contributed by atoms with Gasteiger partial charge in [0.1, 0.15) is 0 Å². The summed E-state index contributed by atoms with van der Waals surface area (Å²) in [5.74, 6) is -0.556. The van der Waals surface area contributed by atoms with Crippen molar-refractivity contribution in [3.8, 4) is 0 Å². The molecule has 29 heavy (non-hydrogen) atoms. The number of carbonyl (C=O) groups is 1. The fraction of sp³-hybridized carbons (Fsp3) is 0.667. The second-order valence-electron chi connectivity index (χ2n) is 8.20. The molecule has 1 N–H and O–H groups in total. The Labute approximate surface area is 184 Å². The summed E-state index contributed by atoms with van der Waals surface area (Å²) in [6.07, 6.45) is 9.47. The lowest BCUT2D eigenvalue weighted by atomic mass is 9.94. The van der Waals surface area contributed by atoms with Crippen LogP contribution in [0.1, 0.15) is 63.4 Å². The normalized spacial score (nSPS) is 22.6. The molecule has 162 valence electrons. The Morgan fingerprint density at radius 2 is 1.62 bits per heavy atom. The zero-order chi connectivity index (χ0) is 20.9. The van der Waals surface area contributed by atoms with Gasteiger partial charge in [-0.3, -0.25) is 4.79 Å². The molecule has 8 heteroatoms. The molecule has 0 unspecified atom stereocenters. The highest BCUT2D eigenvalue weighted by atomic mass is 35.5. The molecule has 1 aliphatic heterocycles. The highest BCUT2D eigenvalue weighted by molar-refractivity contribution is 7.88. The quantitative estimate of drug-likeness (QED) is 0.687. The van der Waals surface area contributed by atoms with Crippen LogP contribution in [0, 0.1) is 5.92 Å². The van der Waals surface area contributed by atoms with E-state index in [0.717, 1.165) is 32.1 Å². The third-order valence-electron chi connectivity index (χ3n) is 5.99. The van der Waals surface area contributed by atoms with Crippen molar-refractivity contribution in [1.29, 1.82) is 0 Å². The van der Waals surface area contributed by atoms with Crippen molar-refractivity contribution < 1.29 is 13.2 Å². The lowest BCUT2D eigenvalue weighted by Gasteiger charge is -2.32. The van der Waals surface area contributed by atoms with Crippen LogP contribution in [-0.2, 0) is 20.6 Å². The van der Waals surface area contributed by atoms with Gasteiger partial charge in [0.05, 0.1) is 11.7 Å². The average molecular weight is 461 g/mol. The van der Waals surface area contributed by atoms with Gasteiger partial charge in [0, 0.05) is 34.7 Å². The predicted molar refractivity (Wildman–Crippen MR) is 118 cm³/mol. The number of hydrogen-bond acceptors (Lipinski definition) is 3. The van der Waals surface area contributed by atoms with E-state index >= 15 is 0 Å². The van der Waals surface area contributed by atoms with E-state index in [0.29, 0.717) is 28.6 Å². The Kier molecular flexibility index (Phi) is 8.25. The Morgan fingerprint density at radius 3 is 2.28 bits per heavy atom. The van der Waals surface area contributed by atoms with Gasteiger partial charge in [0.15, 0.2) is 0 Å². The largest absolute Gasteiger partial charge is 0.353 e. The van der Waals surface area contributed by atoms with Gasteiger partial charge in [-0.2, -0.15) is 0 Å². The molecule has 0 spiro atoms. The van der Waals surface area contributed by atoms with Gasteiger partial charge in [0.25, 0.3) is 0 Å². The van der Waals surface area contributed by atoms with Crippen molar-refractivity contribution in [3.63, 3.8) is 0 Å². The third kappa shape index (κ3) is 6.33. The van der Waals surface area contributed by atoms with Gasteiger partial charge in [-0.15, -0.1) is 0 Å². The smallest absolute Gasteiger partial charge is 0.224 e. The number of nitrogens with zero attached hydrogens (tertiary/aromatic N) is 1. The Morgan fingerprint density at radius 1 is 1.00 bits per heavy atom. The van der Waals surface area contributed by atoms with Crippen LogP contribution in [0.15, 0.2) is 18.2 Å². The first kappa shape index (κ1) is 22.9. The van der Waals surface area contributed by atoms with Gasteiger partial charge in [-0.05, 0) is 37.8 Å². The van der Waals surface area contributed by atoms with E-state index in [1.807, 2.05) is 0 Å². The van der Waals surface area contributed by atoms with E-state index in [1.54, 1.807) is 18.2 Å². The Bertz CT molecular complexity index is 788. The summed E-state index contributed by atoms with van der Waals surface area (Å²) in [7, 11) is -3.61. The van der Waals surface area contributed by atoms with E-state index in [4.69, 9.17) is 23.2 Å². The minimum absolute atomic E-state index is 0.00810. The molecule has 1 saturated heterocycles. The van der Waals surface area contributed by atoms with Crippen LogP contribution < -0.4 is 5.32 Å². The van der Waals surface area contributed by atoms with Crippen molar-refractivity contribution in [1.82, 2.24) is 9.62 Å². The second kappa shape index (κ2) is 10.5. The summed E-state index contributed by atoms with van der Waals surface area (Å²) in [6, 6.07) is 5.19. The molecular weight excluding hydrogens is 431 g/mol. The maximum Gasteiger partial charge on any atom is 0.224 e. The van der Waals surface area contributed by atoms with Crippen LogP contribution in [0.5, 0.6) is 0 Å². The van der Waals surface area contributed by atoms with Crippen LogP contribution >= 0.6 is 23.2 Å². The standard InChI is InChI=1S/C21H30Cl2N2O3S/c22-19-11-6-12-20(23)18(19)15-29(27,28)25-13-7-8-16(14-25)21(26)24-17-9-4-2-1-3-5-10-17/h6,11-12,16-17H,1-5,7-10,13-15H2,(H,24,26)/t16-/m0/s1. The number of benzene rings is 1. The first-order chi connectivity index (χ1) is 13.9. The Hall–Kier alpha value is -0.820. The molecule has 3 rings (SSSR count). The average Bonchev–Trinajstić information content (AvgIpc) is 2.67. The fourth-order valence-electron chi connectivity index (χ4n) is 4.27. The van der Waals surface area contributed by atoms with E-state index in [1.165, 1.54) is 23.6 Å². The summed E-state index contributed by atoms with van der Waals surface area (Å²) in [6.45, 7) is 0.653. The minimum Gasteiger partial charge on any atom is -0.353 e. The highest BCUT2D eigenvalue weighted by Crippen LogP contribution is 2.29. The molecule has 0 radical (unpaired) electrons. The number of amides is 1. The molecule has 1 amide bonds. The summed E-state index contributed by atoms with van der Waals surface area (Å²) in [5, 5.41) is 3.88. The number of piperidine rings is 1. The van der Waals surface area contributed by atoms with E-state index in [-0.39, 0.29) is 30.2 Å². The number of rotatable bonds is 5. The van der Waals surface area contributed by atoms with E-state index < -0.39 is 10.0 Å². The number of hydrogen-bond donors (Lipinski definition) is 1. The lowest BCUT2D eigenvalue weighted by molar-refractivity contribution is -0.126. The predicted octanol–water partition coefficient (Wildman–Crippen LogP) is 4.76. The van der Waals surface area contributed by atoms with Crippen molar-refractivity contribution in [2.75, 3.05) is 13.1 Å². The van der Waals surface area contributed by atoms with Gasteiger partial charge in [0.2, 0.25) is 15.9 Å². The van der Waals surface area contributed by atoms with Crippen LogP contribution in [0.4, 0.5) is 0 Å².